The van der Waals surface area contributed by atoms with E-state index in [1.165, 1.54) is 12.1 Å². The Kier molecular flexibility index (Phi) is 13.0. The Morgan fingerprint density at radius 3 is 2.27 bits per heavy atom. The van der Waals surface area contributed by atoms with Gasteiger partial charge in [-0.05, 0) is 43.2 Å². The quantitative estimate of drug-likeness (QED) is 0.0766. The Hall–Kier alpha value is -5.21. The third kappa shape index (κ3) is 9.08. The predicted molar refractivity (Wildman–Crippen MR) is 179 cm³/mol. The van der Waals surface area contributed by atoms with Gasteiger partial charge in [-0.3, -0.25) is 14.6 Å². The van der Waals surface area contributed by atoms with E-state index in [1.807, 2.05) is 0 Å². The Labute approximate surface area is 314 Å². The number of nitrogens with zero attached hydrogens (tertiary/aromatic N) is 4. The maximum absolute atomic E-state index is 15.5. The number of ether oxygens (including phenoxy) is 3. The molecule has 0 unspecified atom stereocenters. The Balaban J connectivity index is 1.40. The first-order valence-electron chi connectivity index (χ1n) is 17.1. The number of nitrogens with one attached hydrogen (secondary N) is 1. The molecule has 0 saturated heterocycles. The van der Waals surface area contributed by atoms with Gasteiger partial charge in [0.1, 0.15) is 36.2 Å². The highest BCUT2D eigenvalue weighted by molar-refractivity contribution is 6.24. The summed E-state index contributed by atoms with van der Waals surface area (Å²) in [5.74, 6) is -6.44. The molecule has 0 atom stereocenters. The SMILES string of the molecule is CN1N(Cc2ccc(OCCOCCOCCC=O)c(F)c2F)C(=O)C(C(=O)Nc2ccc(C(F)(F)F)cc2-c2cc(C(F)(F)F)ncn2)=C(O)C12CCCC2. The van der Waals surface area contributed by atoms with Crippen molar-refractivity contribution in [2.24, 2.45) is 0 Å². The number of likely N-dealkylation sites (N-methyl/N-ethyl adjacent to an activating group) is 1. The first-order valence-corrected chi connectivity index (χ1v) is 17.1. The van der Waals surface area contributed by atoms with Crippen molar-refractivity contribution in [2.45, 2.75) is 56.5 Å². The van der Waals surface area contributed by atoms with E-state index in [-0.39, 0.29) is 57.9 Å². The lowest BCUT2D eigenvalue weighted by Crippen LogP contribution is -2.62. The molecule has 20 heteroatoms. The van der Waals surface area contributed by atoms with Crippen molar-refractivity contribution in [3.63, 3.8) is 0 Å². The highest BCUT2D eigenvalue weighted by Crippen LogP contribution is 2.45. The molecule has 1 aromatic heterocycles. The summed E-state index contributed by atoms with van der Waals surface area (Å²) in [6.45, 7) is -0.210. The van der Waals surface area contributed by atoms with E-state index in [4.69, 9.17) is 14.2 Å². The fraction of sp³-hybridized carbons (Fsp3) is 0.417. The van der Waals surface area contributed by atoms with Gasteiger partial charge in [-0.2, -0.15) is 30.7 Å². The normalized spacial score (nSPS) is 16.2. The molecule has 12 nitrogen and oxygen atoms in total. The van der Waals surface area contributed by atoms with Crippen LogP contribution >= 0.6 is 0 Å². The summed E-state index contributed by atoms with van der Waals surface area (Å²) >= 11 is 0. The van der Waals surface area contributed by atoms with Gasteiger partial charge in [-0.1, -0.05) is 18.9 Å². The molecule has 0 bridgehead atoms. The summed E-state index contributed by atoms with van der Waals surface area (Å²) in [6.07, 6.45) is -7.07. The van der Waals surface area contributed by atoms with Crippen LogP contribution < -0.4 is 10.1 Å². The highest BCUT2D eigenvalue weighted by atomic mass is 19.4. The number of hydrogen-bond acceptors (Lipinski definition) is 10. The van der Waals surface area contributed by atoms with Gasteiger partial charge in [0.15, 0.2) is 11.6 Å². The number of halogens is 8. The topological polar surface area (TPSA) is 143 Å². The highest BCUT2D eigenvalue weighted by Gasteiger charge is 2.53. The molecule has 5 rings (SSSR count). The largest absolute Gasteiger partial charge is 0.509 e. The molecule has 2 amide bonds. The Morgan fingerprint density at radius 2 is 1.61 bits per heavy atom. The number of carbonyl (C=O) groups excluding carboxylic acids is 3. The molecule has 302 valence electrons. The summed E-state index contributed by atoms with van der Waals surface area (Å²) in [4.78, 5) is 45.0. The molecule has 2 aromatic carbocycles. The van der Waals surface area contributed by atoms with E-state index in [0.29, 0.717) is 43.7 Å². The molecule has 1 aliphatic carbocycles. The predicted octanol–water partition coefficient (Wildman–Crippen LogP) is 6.41. The van der Waals surface area contributed by atoms with Gasteiger partial charge in [0.05, 0.1) is 55.5 Å². The minimum absolute atomic E-state index is 0.00267. The molecule has 2 heterocycles. The average Bonchev–Trinajstić information content (AvgIpc) is 3.65. The summed E-state index contributed by atoms with van der Waals surface area (Å²) in [7, 11) is 1.41. The van der Waals surface area contributed by atoms with Crippen molar-refractivity contribution in [3.05, 3.63) is 82.5 Å². The molecular weight excluding hydrogens is 766 g/mol. The standard InChI is InChI=1S/C36H35F8N5O7/c1-48-34(9-2-3-10-34)31(51)28(32(52)47-24-7-6-22(35(39,40)41)17-23(24)25-18-27(36(42,43)44)46-20-45-25)33(53)49(48)19-21-5-8-26(30(38)29(21)37)56-16-15-55-14-13-54-12-4-11-50/h5-8,11,17-18,20,51H,2-4,9-10,12-16,19H2,1H3,(H,47,52). The van der Waals surface area contributed by atoms with Crippen LogP contribution in [0, 0.1) is 11.6 Å². The molecular formula is C36H35F8N5O7. The van der Waals surface area contributed by atoms with Crippen LogP contribution in [0.2, 0.25) is 0 Å². The lowest BCUT2D eigenvalue weighted by Gasteiger charge is -2.48. The van der Waals surface area contributed by atoms with E-state index in [0.717, 1.165) is 23.2 Å². The molecule has 3 aromatic rings. The monoisotopic (exact) mass is 801 g/mol. The molecule has 1 fully saturated rings. The molecule has 56 heavy (non-hydrogen) atoms. The van der Waals surface area contributed by atoms with Crippen LogP contribution in [0.1, 0.15) is 48.9 Å². The van der Waals surface area contributed by atoms with Gasteiger partial charge >= 0.3 is 12.4 Å². The number of aldehydes is 1. The van der Waals surface area contributed by atoms with Crippen LogP contribution in [-0.4, -0.2) is 88.8 Å². The van der Waals surface area contributed by atoms with Gasteiger partial charge in [-0.15, -0.1) is 0 Å². The summed E-state index contributed by atoms with van der Waals surface area (Å²) in [5.41, 5.74) is -7.12. The van der Waals surface area contributed by atoms with E-state index >= 15 is 8.78 Å². The van der Waals surface area contributed by atoms with Crippen molar-refractivity contribution in [1.82, 2.24) is 20.0 Å². The second-order valence-corrected chi connectivity index (χ2v) is 12.7. The number of hydrazine groups is 1. The van der Waals surface area contributed by atoms with Crippen molar-refractivity contribution in [1.29, 1.82) is 0 Å². The van der Waals surface area contributed by atoms with Crippen LogP contribution in [-0.2, 0) is 42.8 Å². The van der Waals surface area contributed by atoms with Crippen molar-refractivity contribution < 1.29 is 68.8 Å². The number of aliphatic hydroxyl groups excluding tert-OH is 1. The van der Waals surface area contributed by atoms with Crippen molar-refractivity contribution in [3.8, 4) is 17.0 Å². The van der Waals surface area contributed by atoms with E-state index in [2.05, 4.69) is 15.3 Å². The van der Waals surface area contributed by atoms with Crippen molar-refractivity contribution >= 4 is 23.8 Å². The van der Waals surface area contributed by atoms with Crippen LogP contribution in [0.25, 0.3) is 11.3 Å². The van der Waals surface area contributed by atoms with Gasteiger partial charge in [0.2, 0.25) is 5.82 Å². The first-order chi connectivity index (χ1) is 26.5. The second kappa shape index (κ2) is 17.3. The minimum atomic E-state index is -5.00. The van der Waals surface area contributed by atoms with Crippen LogP contribution in [0.15, 0.2) is 54.1 Å². The number of amides is 2. The number of aromatic nitrogens is 2. The van der Waals surface area contributed by atoms with Gasteiger partial charge < -0.3 is 29.4 Å². The van der Waals surface area contributed by atoms with Crippen LogP contribution in [0.4, 0.5) is 40.8 Å². The van der Waals surface area contributed by atoms with Gasteiger partial charge in [0.25, 0.3) is 11.8 Å². The molecule has 1 saturated carbocycles. The lowest BCUT2D eigenvalue weighted by atomic mass is 9.88. The van der Waals surface area contributed by atoms with Gasteiger partial charge in [0, 0.05) is 24.6 Å². The van der Waals surface area contributed by atoms with E-state index in [9.17, 15) is 45.8 Å². The average molecular weight is 802 g/mol. The third-order valence-electron chi connectivity index (χ3n) is 9.28. The van der Waals surface area contributed by atoms with Gasteiger partial charge in [-0.25, -0.2) is 19.4 Å². The number of alkyl halides is 6. The number of anilines is 1. The maximum atomic E-state index is 15.5. The Morgan fingerprint density at radius 1 is 0.929 bits per heavy atom. The van der Waals surface area contributed by atoms with Crippen molar-refractivity contribution in [2.75, 3.05) is 45.4 Å². The smallest absolute Gasteiger partial charge is 0.433 e. The first kappa shape index (κ1) is 41.9. The Bertz CT molecular complexity index is 1970. The zero-order valence-corrected chi connectivity index (χ0v) is 29.6. The fourth-order valence-electron chi connectivity index (χ4n) is 6.40. The fourth-order valence-corrected chi connectivity index (χ4v) is 6.40. The minimum Gasteiger partial charge on any atom is -0.509 e. The number of benzene rings is 2. The summed E-state index contributed by atoms with van der Waals surface area (Å²) < 4.78 is 128. The number of carbonyl (C=O) groups is 3. The van der Waals surface area contributed by atoms with Crippen LogP contribution in [0.5, 0.6) is 5.75 Å². The number of rotatable bonds is 15. The summed E-state index contributed by atoms with van der Waals surface area (Å²) in [5, 5.41) is 16.0. The second-order valence-electron chi connectivity index (χ2n) is 12.7. The molecule has 0 radical (unpaired) electrons. The maximum Gasteiger partial charge on any atom is 0.433 e. The molecule has 2 N–H and O–H groups in total. The third-order valence-corrected chi connectivity index (χ3v) is 9.28. The lowest BCUT2D eigenvalue weighted by molar-refractivity contribution is -0.163. The molecule has 2 aliphatic rings. The number of hydrogen-bond donors (Lipinski definition) is 2. The van der Waals surface area contributed by atoms with Crippen LogP contribution in [0.3, 0.4) is 0 Å². The number of aliphatic hydroxyl groups is 1. The molecule has 1 aliphatic heterocycles. The molecule has 1 spiro atoms. The summed E-state index contributed by atoms with van der Waals surface area (Å²) in [6, 6.07) is 4.42. The zero-order valence-electron chi connectivity index (χ0n) is 29.6. The zero-order chi connectivity index (χ0) is 40.8. The van der Waals surface area contributed by atoms with E-state index in [1.54, 1.807) is 0 Å². The van der Waals surface area contributed by atoms with E-state index < -0.39 is 93.2 Å².